The van der Waals surface area contributed by atoms with Crippen LogP contribution in [0.3, 0.4) is 0 Å². The minimum absolute atomic E-state index is 0.163. The predicted octanol–water partition coefficient (Wildman–Crippen LogP) is 10.9. The van der Waals surface area contributed by atoms with Crippen LogP contribution in [0, 0.1) is 0 Å². The Morgan fingerprint density at radius 3 is 1.91 bits per heavy atom. The number of unbranched alkanes of at least 4 members (excludes halogenated alkanes) is 19. The van der Waals surface area contributed by atoms with Crippen LogP contribution in [-0.2, 0) is 43.3 Å². The van der Waals surface area contributed by atoms with E-state index in [0.717, 1.165) is 62.7 Å². The largest absolute Gasteiger partial charge is 0.461 e. The summed E-state index contributed by atoms with van der Waals surface area (Å²) in [5.41, 5.74) is 1.03. The Kier molecular flexibility index (Phi) is 26.5. The molecule has 0 bridgehead atoms. The zero-order chi connectivity index (χ0) is 38.2. The first-order valence-electron chi connectivity index (χ1n) is 21.1. The van der Waals surface area contributed by atoms with Crippen LogP contribution < -0.4 is 0 Å². The minimum atomic E-state index is -0.674. The van der Waals surface area contributed by atoms with Crippen molar-refractivity contribution in [2.45, 2.75) is 174 Å². The summed E-state index contributed by atoms with van der Waals surface area (Å²) in [4.78, 5) is 30.8. The predicted molar refractivity (Wildman–Crippen MR) is 215 cm³/mol. The normalized spacial score (nSPS) is 12.5. The fourth-order valence-electron chi connectivity index (χ4n) is 6.35. The lowest BCUT2D eigenvalue weighted by atomic mass is 10.0. The van der Waals surface area contributed by atoms with Gasteiger partial charge >= 0.3 is 12.1 Å². The van der Waals surface area contributed by atoms with E-state index in [9.17, 15) is 9.59 Å². The molecule has 0 aliphatic heterocycles. The van der Waals surface area contributed by atoms with Crippen LogP contribution >= 0.6 is 0 Å². The second-order valence-electron chi connectivity index (χ2n) is 15.2. The Hall–Kier alpha value is -2.91. The van der Waals surface area contributed by atoms with Crippen molar-refractivity contribution >= 4 is 12.1 Å². The highest BCUT2D eigenvalue weighted by atomic mass is 16.6. The van der Waals surface area contributed by atoms with Gasteiger partial charge in [0.2, 0.25) is 0 Å². The van der Waals surface area contributed by atoms with Crippen molar-refractivity contribution in [2.24, 2.45) is 0 Å². The standard InChI is InChI=1S/C44H75N3O6/c1-5-6-7-8-9-10-11-12-13-14-15-16-17-18-20-26-31-46(3)43(49)53-38-44(2,50-4)37-51-33-28-22-19-21-27-32-47-35-41(45-39-47)34-42(48)52-36-40-29-24-23-25-30-40/h23-25,29-30,35,39H,5-22,26-28,31-34,36-38H2,1-4H3. The van der Waals surface area contributed by atoms with E-state index in [4.69, 9.17) is 18.9 Å². The third-order valence-corrected chi connectivity index (χ3v) is 10.0. The highest BCUT2D eigenvalue weighted by Gasteiger charge is 2.27. The summed E-state index contributed by atoms with van der Waals surface area (Å²) in [6.07, 6.45) is 30.4. The molecule has 9 heteroatoms. The number of carbonyl (C=O) groups is 2. The van der Waals surface area contributed by atoms with Gasteiger partial charge in [-0.05, 0) is 31.7 Å². The van der Waals surface area contributed by atoms with Crippen LogP contribution in [0.4, 0.5) is 4.79 Å². The van der Waals surface area contributed by atoms with Crippen molar-refractivity contribution in [3.05, 3.63) is 54.1 Å². The topological polar surface area (TPSA) is 92.1 Å². The number of esters is 1. The summed E-state index contributed by atoms with van der Waals surface area (Å²) < 4.78 is 24.6. The van der Waals surface area contributed by atoms with Gasteiger partial charge in [0.15, 0.2) is 0 Å². The van der Waals surface area contributed by atoms with Gasteiger partial charge in [0, 0.05) is 40.1 Å². The number of ether oxygens (including phenoxy) is 4. The molecule has 0 aliphatic carbocycles. The highest BCUT2D eigenvalue weighted by molar-refractivity contribution is 5.71. The molecule has 2 aromatic rings. The molecule has 0 saturated heterocycles. The van der Waals surface area contributed by atoms with Crippen molar-refractivity contribution in [3.8, 4) is 0 Å². The van der Waals surface area contributed by atoms with E-state index in [0.29, 0.717) is 19.8 Å². The molecular weight excluding hydrogens is 666 g/mol. The lowest BCUT2D eigenvalue weighted by Gasteiger charge is -2.28. The molecule has 1 heterocycles. The van der Waals surface area contributed by atoms with Crippen LogP contribution in [0.5, 0.6) is 0 Å². The number of benzene rings is 1. The number of rotatable bonds is 34. The Labute approximate surface area is 322 Å². The van der Waals surface area contributed by atoms with Crippen LogP contribution in [0.1, 0.15) is 160 Å². The Morgan fingerprint density at radius 1 is 0.736 bits per heavy atom. The van der Waals surface area contributed by atoms with Crippen LogP contribution in [0.15, 0.2) is 42.9 Å². The SMILES string of the molecule is CCCCCCCCCCCCCCCCCCN(C)C(=O)OCC(C)(COCCCCCCCn1cnc(CC(=O)OCc2ccccc2)c1)OC. The third kappa shape index (κ3) is 24.2. The zero-order valence-electron chi connectivity index (χ0n) is 34.1. The fraction of sp³-hybridized carbons (Fsp3) is 0.750. The monoisotopic (exact) mass is 742 g/mol. The molecule has 1 aromatic carbocycles. The van der Waals surface area contributed by atoms with Gasteiger partial charge in [-0.3, -0.25) is 4.79 Å². The van der Waals surface area contributed by atoms with E-state index in [2.05, 4.69) is 11.9 Å². The quantitative estimate of drug-likeness (QED) is 0.0521. The second-order valence-corrected chi connectivity index (χ2v) is 15.2. The van der Waals surface area contributed by atoms with E-state index in [-0.39, 0.29) is 31.7 Å². The van der Waals surface area contributed by atoms with Crippen molar-refractivity contribution in [1.82, 2.24) is 14.5 Å². The lowest BCUT2D eigenvalue weighted by molar-refractivity contribution is -0.144. The van der Waals surface area contributed by atoms with Crippen molar-refractivity contribution < 1.29 is 28.5 Å². The smallest absolute Gasteiger partial charge is 0.409 e. The second kappa shape index (κ2) is 30.4. The van der Waals surface area contributed by atoms with Crippen molar-refractivity contribution in [2.75, 3.05) is 40.5 Å². The summed E-state index contributed by atoms with van der Waals surface area (Å²) in [5.74, 6) is -0.267. The first kappa shape index (κ1) is 46.2. The number of aromatic nitrogens is 2. The molecule has 1 atom stereocenters. The molecule has 9 nitrogen and oxygen atoms in total. The highest BCUT2D eigenvalue weighted by Crippen LogP contribution is 2.15. The number of aryl methyl sites for hydroxylation is 1. The molecule has 0 N–H and O–H groups in total. The van der Waals surface area contributed by atoms with Crippen LogP contribution in [0.25, 0.3) is 0 Å². The molecule has 0 radical (unpaired) electrons. The molecule has 53 heavy (non-hydrogen) atoms. The van der Waals surface area contributed by atoms with Crippen LogP contribution in [-0.4, -0.2) is 72.6 Å². The third-order valence-electron chi connectivity index (χ3n) is 10.0. The van der Waals surface area contributed by atoms with Gasteiger partial charge in [-0.2, -0.15) is 0 Å². The number of hydrogen-bond donors (Lipinski definition) is 0. The summed E-state index contributed by atoms with van der Waals surface area (Å²) in [7, 11) is 3.45. The molecule has 1 amide bonds. The number of carbonyl (C=O) groups excluding carboxylic acids is 2. The average Bonchev–Trinajstić information content (AvgIpc) is 3.62. The molecule has 0 fully saturated rings. The van der Waals surface area contributed by atoms with E-state index < -0.39 is 5.60 Å². The van der Waals surface area contributed by atoms with Crippen LogP contribution in [0.2, 0.25) is 0 Å². The number of methoxy groups -OCH3 is 1. The summed E-state index contributed by atoms with van der Waals surface area (Å²) in [6, 6.07) is 9.68. The molecule has 1 unspecified atom stereocenters. The van der Waals surface area contributed by atoms with Gasteiger partial charge in [-0.25, -0.2) is 9.78 Å². The first-order valence-corrected chi connectivity index (χ1v) is 21.1. The molecule has 302 valence electrons. The Morgan fingerprint density at radius 2 is 1.30 bits per heavy atom. The van der Waals surface area contributed by atoms with Gasteiger partial charge in [0.1, 0.15) is 18.8 Å². The number of imidazole rings is 1. The lowest BCUT2D eigenvalue weighted by Crippen LogP contribution is -2.41. The number of amides is 1. The molecule has 1 aromatic heterocycles. The van der Waals surface area contributed by atoms with E-state index in [1.807, 2.05) is 55.1 Å². The van der Waals surface area contributed by atoms with E-state index >= 15 is 0 Å². The maximum Gasteiger partial charge on any atom is 0.409 e. The van der Waals surface area contributed by atoms with Gasteiger partial charge in [0.25, 0.3) is 0 Å². The summed E-state index contributed by atoms with van der Waals surface area (Å²) >= 11 is 0. The molecular formula is C44H75N3O6. The Bertz CT molecular complexity index is 1170. The van der Waals surface area contributed by atoms with E-state index in [1.165, 1.54) is 89.9 Å². The number of hydrogen-bond acceptors (Lipinski definition) is 7. The Balaban J connectivity index is 1.40. The van der Waals surface area contributed by atoms with Gasteiger partial charge in [-0.15, -0.1) is 0 Å². The van der Waals surface area contributed by atoms with E-state index in [1.54, 1.807) is 18.3 Å². The minimum Gasteiger partial charge on any atom is -0.461 e. The fourth-order valence-corrected chi connectivity index (χ4v) is 6.35. The average molecular weight is 742 g/mol. The molecule has 0 saturated carbocycles. The van der Waals surface area contributed by atoms with Crippen molar-refractivity contribution in [3.63, 3.8) is 0 Å². The first-order chi connectivity index (χ1) is 25.8. The van der Waals surface area contributed by atoms with Gasteiger partial charge in [-0.1, -0.05) is 153 Å². The van der Waals surface area contributed by atoms with Gasteiger partial charge in [0.05, 0.1) is 25.0 Å². The maximum absolute atomic E-state index is 12.6. The zero-order valence-corrected chi connectivity index (χ0v) is 34.1. The molecule has 2 rings (SSSR count). The summed E-state index contributed by atoms with van der Waals surface area (Å²) in [6.45, 7) is 7.27. The maximum atomic E-state index is 12.6. The molecule has 0 aliphatic rings. The molecule has 0 spiro atoms. The van der Waals surface area contributed by atoms with Gasteiger partial charge < -0.3 is 28.4 Å². The summed E-state index contributed by atoms with van der Waals surface area (Å²) in [5, 5.41) is 0. The van der Waals surface area contributed by atoms with Crippen molar-refractivity contribution in [1.29, 1.82) is 0 Å². The number of nitrogens with zero attached hydrogens (tertiary/aromatic N) is 3.